The van der Waals surface area contributed by atoms with E-state index in [1.54, 1.807) is 34.6 Å². The number of rotatable bonds is 7. The number of hydrogen-bond acceptors (Lipinski definition) is 5. The molecule has 0 saturated carbocycles. The van der Waals surface area contributed by atoms with Crippen molar-refractivity contribution in [1.29, 1.82) is 5.41 Å². The second-order valence-electron chi connectivity index (χ2n) is 8.77. The number of carbonyl (C=O) groups is 2. The molecule has 3 aromatic rings. The summed E-state index contributed by atoms with van der Waals surface area (Å²) in [5.41, 5.74) is 2.01. The quantitative estimate of drug-likeness (QED) is 0.163. The molecule has 0 aromatic heterocycles. The Labute approximate surface area is 216 Å². The Morgan fingerprint density at radius 1 is 0.974 bits per heavy atom. The molecule has 1 unspecified atom stereocenters. The normalized spacial score (nSPS) is 14.5. The maximum Gasteiger partial charge on any atom is 0.416 e. The van der Waals surface area contributed by atoms with E-state index in [-0.39, 0.29) is 28.6 Å². The Morgan fingerprint density at radius 2 is 1.71 bits per heavy atom. The highest BCUT2D eigenvalue weighted by Crippen LogP contribution is 2.36. The maximum absolute atomic E-state index is 13.9. The third kappa shape index (κ3) is 6.12. The zero-order chi connectivity index (χ0) is 27.3. The molecule has 1 aliphatic rings. The van der Waals surface area contributed by atoms with Crippen LogP contribution in [0.25, 0.3) is 0 Å². The fourth-order valence-electron chi connectivity index (χ4n) is 4.31. The summed E-state index contributed by atoms with van der Waals surface area (Å²) in [4.78, 5) is 27.3. The van der Waals surface area contributed by atoms with E-state index in [4.69, 9.17) is 10.6 Å². The van der Waals surface area contributed by atoms with E-state index in [0.717, 1.165) is 18.9 Å². The highest BCUT2D eigenvalue weighted by atomic mass is 19.4. The summed E-state index contributed by atoms with van der Waals surface area (Å²) in [5, 5.41) is 22.3. The molecule has 1 heterocycles. The van der Waals surface area contributed by atoms with Gasteiger partial charge in [0, 0.05) is 35.6 Å². The second-order valence-corrected chi connectivity index (χ2v) is 8.77. The van der Waals surface area contributed by atoms with Gasteiger partial charge in [-0.25, -0.2) is 0 Å². The van der Waals surface area contributed by atoms with Crippen molar-refractivity contribution < 1.29 is 28.0 Å². The second kappa shape index (κ2) is 11.3. The predicted molar refractivity (Wildman–Crippen MR) is 137 cm³/mol. The molecule has 4 rings (SSSR count). The summed E-state index contributed by atoms with van der Waals surface area (Å²) >= 11 is 0. The minimum atomic E-state index is -4.70. The van der Waals surface area contributed by atoms with Gasteiger partial charge in [-0.1, -0.05) is 30.3 Å². The topological polar surface area (TPSA) is 118 Å². The van der Waals surface area contributed by atoms with E-state index >= 15 is 0 Å². The lowest BCUT2D eigenvalue weighted by atomic mass is 9.98. The van der Waals surface area contributed by atoms with E-state index < -0.39 is 23.7 Å². The number of hydroxylamine groups is 1. The van der Waals surface area contributed by atoms with E-state index in [1.807, 2.05) is 0 Å². The Kier molecular flexibility index (Phi) is 7.96. The molecule has 2 amide bonds. The summed E-state index contributed by atoms with van der Waals surface area (Å²) in [6, 6.07) is 15.9. The van der Waals surface area contributed by atoms with Gasteiger partial charge in [-0.05, 0) is 60.9 Å². The molecule has 11 heteroatoms. The number of nitrogens with one attached hydrogen (secondary N) is 4. The van der Waals surface area contributed by atoms with Crippen LogP contribution in [0, 0.1) is 5.41 Å². The Hall–Kier alpha value is -4.38. The number of alkyl halides is 3. The minimum absolute atomic E-state index is 0.0211. The number of hydrogen-bond donors (Lipinski definition) is 5. The molecular weight excluding hydrogens is 499 g/mol. The molecule has 1 fully saturated rings. The van der Waals surface area contributed by atoms with Crippen molar-refractivity contribution in [2.75, 3.05) is 22.1 Å². The number of piperidine rings is 1. The first-order valence-electron chi connectivity index (χ1n) is 11.9. The van der Waals surface area contributed by atoms with Gasteiger partial charge < -0.3 is 15.5 Å². The van der Waals surface area contributed by atoms with Gasteiger partial charge in [-0.2, -0.15) is 13.2 Å². The van der Waals surface area contributed by atoms with Gasteiger partial charge in [0.1, 0.15) is 11.9 Å². The first kappa shape index (κ1) is 26.7. The first-order chi connectivity index (χ1) is 18.2. The molecule has 0 spiro atoms. The number of nitrogens with zero attached hydrogens (tertiary/aromatic N) is 1. The van der Waals surface area contributed by atoms with Crippen LogP contribution in [0.2, 0.25) is 0 Å². The van der Waals surface area contributed by atoms with Gasteiger partial charge in [0.05, 0.1) is 5.56 Å². The standard InChI is InChI=1S/C27H26F3N5O3/c28-27(29,30)22-9-2-1-8-21(22)24(32-19-7-5-6-17(16-19)25(31)34-38)26(37)33-18-11-13-20(14-12-18)35-15-4-3-10-23(35)36/h1-2,5-9,11-14,16,24,32,38H,3-4,10,15H2,(H2,31,34)(H,33,37). The molecule has 3 aromatic carbocycles. The van der Waals surface area contributed by atoms with Gasteiger partial charge in [0.25, 0.3) is 5.91 Å². The molecule has 0 aliphatic carbocycles. The highest BCUT2D eigenvalue weighted by Gasteiger charge is 2.37. The Bertz CT molecular complexity index is 1330. The van der Waals surface area contributed by atoms with Gasteiger partial charge >= 0.3 is 6.18 Å². The molecule has 38 heavy (non-hydrogen) atoms. The number of anilines is 3. The van der Waals surface area contributed by atoms with Crippen molar-refractivity contribution in [3.8, 4) is 0 Å². The van der Waals surface area contributed by atoms with Crippen LogP contribution in [0.4, 0.5) is 30.2 Å². The van der Waals surface area contributed by atoms with Crippen molar-refractivity contribution in [3.63, 3.8) is 0 Å². The van der Waals surface area contributed by atoms with Gasteiger partial charge in [-0.3, -0.25) is 25.7 Å². The lowest BCUT2D eigenvalue weighted by Crippen LogP contribution is -2.35. The SMILES string of the molecule is N=C(NO)c1cccc(NC(C(=O)Nc2ccc(N3CCCCC3=O)cc2)c2ccccc2C(F)(F)F)c1. The average Bonchev–Trinajstić information content (AvgIpc) is 2.91. The summed E-state index contributed by atoms with van der Waals surface area (Å²) in [6.45, 7) is 0.604. The number of carbonyl (C=O) groups excluding carboxylic acids is 2. The number of amidine groups is 1. The fourth-order valence-corrected chi connectivity index (χ4v) is 4.31. The van der Waals surface area contributed by atoms with Crippen LogP contribution in [0.15, 0.2) is 72.8 Å². The molecule has 1 aliphatic heterocycles. The van der Waals surface area contributed by atoms with Gasteiger partial charge in [-0.15, -0.1) is 0 Å². The lowest BCUT2D eigenvalue weighted by Gasteiger charge is -2.27. The van der Waals surface area contributed by atoms with Crippen molar-refractivity contribution >= 4 is 34.7 Å². The summed E-state index contributed by atoms with van der Waals surface area (Å²) in [6.07, 6.45) is -2.49. The van der Waals surface area contributed by atoms with Crippen LogP contribution in [-0.4, -0.2) is 29.4 Å². The monoisotopic (exact) mass is 525 g/mol. The minimum Gasteiger partial charge on any atom is -0.370 e. The fraction of sp³-hybridized carbons (Fsp3) is 0.222. The van der Waals surface area contributed by atoms with Crippen LogP contribution in [0.5, 0.6) is 0 Å². The molecule has 198 valence electrons. The van der Waals surface area contributed by atoms with Gasteiger partial charge in [0.15, 0.2) is 0 Å². The smallest absolute Gasteiger partial charge is 0.370 e. The molecule has 0 bridgehead atoms. The molecular formula is C27H26F3N5O3. The van der Waals surface area contributed by atoms with Crippen LogP contribution in [-0.2, 0) is 15.8 Å². The van der Waals surface area contributed by atoms with Crippen molar-refractivity contribution in [3.05, 3.63) is 89.5 Å². The first-order valence-corrected chi connectivity index (χ1v) is 11.9. The summed E-state index contributed by atoms with van der Waals surface area (Å²) < 4.78 is 41.6. The zero-order valence-electron chi connectivity index (χ0n) is 20.2. The van der Waals surface area contributed by atoms with Crippen molar-refractivity contribution in [2.24, 2.45) is 0 Å². The van der Waals surface area contributed by atoms with Crippen LogP contribution in [0.3, 0.4) is 0 Å². The largest absolute Gasteiger partial charge is 0.416 e. The number of benzene rings is 3. The third-order valence-electron chi connectivity index (χ3n) is 6.18. The summed E-state index contributed by atoms with van der Waals surface area (Å²) in [7, 11) is 0. The molecule has 8 nitrogen and oxygen atoms in total. The summed E-state index contributed by atoms with van der Waals surface area (Å²) in [5.74, 6) is -1.05. The Morgan fingerprint density at radius 3 is 2.39 bits per heavy atom. The number of halogens is 3. The zero-order valence-corrected chi connectivity index (χ0v) is 20.2. The average molecular weight is 526 g/mol. The van der Waals surface area contributed by atoms with E-state index in [9.17, 15) is 22.8 Å². The maximum atomic E-state index is 13.9. The van der Waals surface area contributed by atoms with E-state index in [0.29, 0.717) is 24.3 Å². The van der Waals surface area contributed by atoms with E-state index in [1.165, 1.54) is 42.5 Å². The van der Waals surface area contributed by atoms with Crippen molar-refractivity contribution in [2.45, 2.75) is 31.5 Å². The highest BCUT2D eigenvalue weighted by molar-refractivity contribution is 5.99. The molecule has 1 atom stereocenters. The van der Waals surface area contributed by atoms with Gasteiger partial charge in [0.2, 0.25) is 5.91 Å². The predicted octanol–water partition coefficient (Wildman–Crippen LogP) is 5.32. The third-order valence-corrected chi connectivity index (χ3v) is 6.18. The molecule has 1 saturated heterocycles. The molecule has 5 N–H and O–H groups in total. The van der Waals surface area contributed by atoms with E-state index in [2.05, 4.69) is 10.6 Å². The molecule has 0 radical (unpaired) electrons. The Balaban J connectivity index is 1.63. The van der Waals surface area contributed by atoms with Crippen LogP contribution < -0.4 is 21.0 Å². The van der Waals surface area contributed by atoms with Crippen LogP contribution in [0.1, 0.15) is 42.0 Å². The lowest BCUT2D eigenvalue weighted by molar-refractivity contribution is -0.138. The van der Waals surface area contributed by atoms with Crippen molar-refractivity contribution in [1.82, 2.24) is 5.48 Å². The number of amides is 2. The van der Waals surface area contributed by atoms with Crippen LogP contribution >= 0.6 is 0 Å².